The van der Waals surface area contributed by atoms with Gasteiger partial charge in [-0.3, -0.25) is 9.59 Å². The Morgan fingerprint density at radius 3 is 1.79 bits per heavy atom. The van der Waals surface area contributed by atoms with Gasteiger partial charge in [-0.1, -0.05) is 26.0 Å². The molecule has 2 amide bonds. The summed E-state index contributed by atoms with van der Waals surface area (Å²) in [6.07, 6.45) is 1.08. The lowest BCUT2D eigenvalue weighted by molar-refractivity contribution is -0.881. The van der Waals surface area contributed by atoms with Crippen LogP contribution in [-0.4, -0.2) is 38.6 Å². The van der Waals surface area contributed by atoms with Crippen LogP contribution in [0.5, 0.6) is 5.75 Å². The molecule has 2 atom stereocenters. The highest BCUT2D eigenvalue weighted by molar-refractivity contribution is 5.93. The molecule has 2 rings (SSSR count). The molecular formula is C23H32N3O3+. The fourth-order valence-corrected chi connectivity index (χ4v) is 2.98. The predicted molar refractivity (Wildman–Crippen MR) is 117 cm³/mol. The quantitative estimate of drug-likeness (QED) is 0.576. The van der Waals surface area contributed by atoms with Crippen LogP contribution in [0.1, 0.15) is 38.7 Å². The minimum atomic E-state index is -0.127. The molecule has 0 saturated heterocycles. The van der Waals surface area contributed by atoms with E-state index in [-0.39, 0.29) is 24.9 Å². The van der Waals surface area contributed by atoms with Gasteiger partial charge in [0, 0.05) is 11.4 Å². The maximum absolute atomic E-state index is 12.4. The number of likely N-dealkylation sites (N-methyl/N-ethyl adjacent to an activating group) is 1. The van der Waals surface area contributed by atoms with Gasteiger partial charge in [-0.05, 0) is 61.2 Å². The summed E-state index contributed by atoms with van der Waals surface area (Å²) in [5.74, 6) is 1.01. The topological polar surface area (TPSA) is 71.9 Å². The summed E-state index contributed by atoms with van der Waals surface area (Å²) in [5.41, 5.74) is 2.75. The van der Waals surface area contributed by atoms with Crippen LogP contribution in [-0.2, 0) is 9.59 Å². The molecule has 0 aromatic heterocycles. The van der Waals surface area contributed by atoms with Gasteiger partial charge >= 0.3 is 0 Å². The summed E-state index contributed by atoms with van der Waals surface area (Å²) < 4.78 is 5.11. The summed E-state index contributed by atoms with van der Waals surface area (Å²) in [4.78, 5) is 25.6. The van der Waals surface area contributed by atoms with E-state index in [9.17, 15) is 9.59 Å². The van der Waals surface area contributed by atoms with E-state index < -0.39 is 0 Å². The summed E-state index contributed by atoms with van der Waals surface area (Å²) in [5, 5.41) is 5.78. The highest BCUT2D eigenvalue weighted by atomic mass is 16.5. The Labute approximate surface area is 173 Å². The van der Waals surface area contributed by atoms with Crippen molar-refractivity contribution in [2.24, 2.45) is 0 Å². The summed E-state index contributed by atoms with van der Waals surface area (Å²) in [6, 6.07) is 15.1. The Kier molecular flexibility index (Phi) is 8.68. The van der Waals surface area contributed by atoms with Crippen LogP contribution in [0.15, 0.2) is 48.5 Å². The lowest BCUT2D eigenvalue weighted by atomic mass is 9.99. The predicted octanol–water partition coefficient (Wildman–Crippen LogP) is 2.69. The number of hydrogen-bond acceptors (Lipinski definition) is 3. The van der Waals surface area contributed by atoms with Crippen molar-refractivity contribution in [3.63, 3.8) is 0 Å². The monoisotopic (exact) mass is 398 g/mol. The maximum Gasteiger partial charge on any atom is 0.279 e. The van der Waals surface area contributed by atoms with Gasteiger partial charge in [0.1, 0.15) is 5.75 Å². The number of ether oxygens (including phenoxy) is 1. The lowest BCUT2D eigenvalue weighted by Crippen LogP contribution is -3.13. The van der Waals surface area contributed by atoms with E-state index in [0.717, 1.165) is 22.8 Å². The minimum Gasteiger partial charge on any atom is -0.497 e. The Bertz CT molecular complexity index is 788. The second kappa shape index (κ2) is 11.2. The molecule has 29 heavy (non-hydrogen) atoms. The highest BCUT2D eigenvalue weighted by Crippen LogP contribution is 2.20. The average molecular weight is 399 g/mol. The average Bonchev–Trinajstić information content (AvgIpc) is 2.73. The number of carbonyl (C=O) groups excluding carboxylic acids is 2. The molecule has 0 fully saturated rings. The largest absolute Gasteiger partial charge is 0.497 e. The first kappa shape index (κ1) is 22.4. The Balaban J connectivity index is 1.84. The van der Waals surface area contributed by atoms with Crippen molar-refractivity contribution in [1.82, 2.24) is 0 Å². The van der Waals surface area contributed by atoms with Crippen LogP contribution in [0.25, 0.3) is 0 Å². The molecule has 2 aromatic carbocycles. The molecule has 0 saturated carbocycles. The third-order valence-electron chi connectivity index (χ3n) is 5.07. The van der Waals surface area contributed by atoms with Crippen molar-refractivity contribution in [2.45, 2.75) is 33.1 Å². The summed E-state index contributed by atoms with van der Waals surface area (Å²) in [7, 11) is 1.60. The van der Waals surface area contributed by atoms with Crippen LogP contribution in [0.4, 0.5) is 11.4 Å². The minimum absolute atomic E-state index is 0.101. The number of anilines is 2. The van der Waals surface area contributed by atoms with Crippen molar-refractivity contribution in [3.05, 3.63) is 54.1 Å². The van der Waals surface area contributed by atoms with Gasteiger partial charge in [0.25, 0.3) is 11.8 Å². The molecule has 0 spiro atoms. The van der Waals surface area contributed by atoms with Gasteiger partial charge in [-0.2, -0.15) is 0 Å². The molecule has 156 valence electrons. The summed E-state index contributed by atoms with van der Waals surface area (Å²) in [6.45, 7) is 7.45. The zero-order chi connectivity index (χ0) is 21.2. The smallest absolute Gasteiger partial charge is 0.279 e. The van der Waals surface area contributed by atoms with Gasteiger partial charge in [-0.15, -0.1) is 0 Å². The second-order valence-electron chi connectivity index (χ2n) is 7.21. The van der Waals surface area contributed by atoms with Crippen LogP contribution in [0.3, 0.4) is 0 Å². The molecule has 3 N–H and O–H groups in total. The van der Waals surface area contributed by atoms with Crippen LogP contribution in [0.2, 0.25) is 0 Å². The highest BCUT2D eigenvalue weighted by Gasteiger charge is 2.17. The summed E-state index contributed by atoms with van der Waals surface area (Å²) >= 11 is 0. The maximum atomic E-state index is 12.4. The molecule has 1 unspecified atom stereocenters. The van der Waals surface area contributed by atoms with Gasteiger partial charge in [-0.25, -0.2) is 0 Å². The van der Waals surface area contributed by atoms with Gasteiger partial charge in [0.2, 0.25) is 0 Å². The molecule has 0 heterocycles. The number of rotatable bonds is 10. The van der Waals surface area contributed by atoms with E-state index in [1.54, 1.807) is 31.4 Å². The van der Waals surface area contributed by atoms with Gasteiger partial charge < -0.3 is 20.3 Å². The zero-order valence-electron chi connectivity index (χ0n) is 17.7. The van der Waals surface area contributed by atoms with Crippen molar-refractivity contribution in [3.8, 4) is 5.75 Å². The molecule has 0 bridgehead atoms. The molecule has 2 aromatic rings. The second-order valence-corrected chi connectivity index (χ2v) is 7.21. The van der Waals surface area contributed by atoms with E-state index in [0.29, 0.717) is 18.2 Å². The number of methoxy groups -OCH3 is 1. The molecular weight excluding hydrogens is 366 g/mol. The van der Waals surface area contributed by atoms with E-state index in [1.807, 2.05) is 19.1 Å². The standard InChI is InChI=1S/C23H31N3O3/c1-5-17(3)18-7-9-19(10-8-18)24-22(27)15-26(6-2)16-23(28)25-20-11-13-21(29-4)14-12-20/h7-14,17H,5-6,15-16H2,1-4H3,(H,24,27)(H,25,28)/p+1/t17-/m1/s1. The van der Waals surface area contributed by atoms with E-state index in [4.69, 9.17) is 4.74 Å². The first-order chi connectivity index (χ1) is 13.9. The number of nitrogens with one attached hydrogen (secondary N) is 3. The number of quaternary nitrogens is 1. The number of amides is 2. The van der Waals surface area contributed by atoms with Crippen LogP contribution < -0.4 is 20.3 Å². The van der Waals surface area contributed by atoms with Crippen molar-refractivity contribution < 1.29 is 19.2 Å². The van der Waals surface area contributed by atoms with E-state index in [2.05, 4.69) is 36.6 Å². The first-order valence-corrected chi connectivity index (χ1v) is 10.1. The Hall–Kier alpha value is -2.86. The third kappa shape index (κ3) is 7.23. The van der Waals surface area contributed by atoms with Gasteiger partial charge in [0.05, 0.1) is 13.7 Å². The normalized spacial score (nSPS) is 12.7. The zero-order valence-corrected chi connectivity index (χ0v) is 17.7. The number of hydrogen-bond donors (Lipinski definition) is 3. The Morgan fingerprint density at radius 1 is 0.897 bits per heavy atom. The molecule has 0 radical (unpaired) electrons. The first-order valence-electron chi connectivity index (χ1n) is 10.1. The lowest BCUT2D eigenvalue weighted by Gasteiger charge is -2.17. The fraction of sp³-hybridized carbons (Fsp3) is 0.391. The third-order valence-corrected chi connectivity index (χ3v) is 5.07. The van der Waals surface area contributed by atoms with E-state index >= 15 is 0 Å². The molecule has 0 aliphatic rings. The Morgan fingerprint density at radius 2 is 1.38 bits per heavy atom. The number of benzene rings is 2. The molecule has 6 nitrogen and oxygen atoms in total. The fourth-order valence-electron chi connectivity index (χ4n) is 2.98. The molecule has 0 aliphatic carbocycles. The van der Waals surface area contributed by atoms with Crippen molar-refractivity contribution >= 4 is 23.2 Å². The van der Waals surface area contributed by atoms with Crippen LogP contribution in [0, 0.1) is 0 Å². The SMILES string of the molecule is CC[C@@H](C)c1ccc(NC(=O)C[NH+](CC)CC(=O)Nc2ccc(OC)cc2)cc1. The van der Waals surface area contributed by atoms with Crippen molar-refractivity contribution in [1.29, 1.82) is 0 Å². The number of carbonyl (C=O) groups is 2. The molecule has 0 aliphatic heterocycles. The van der Waals surface area contributed by atoms with E-state index in [1.165, 1.54) is 5.56 Å². The van der Waals surface area contributed by atoms with Crippen molar-refractivity contribution in [2.75, 3.05) is 37.4 Å². The molecule has 6 heteroatoms. The van der Waals surface area contributed by atoms with Gasteiger partial charge in [0.15, 0.2) is 13.1 Å². The van der Waals surface area contributed by atoms with Crippen LogP contribution >= 0.6 is 0 Å².